The van der Waals surface area contributed by atoms with Crippen LogP contribution in [-0.4, -0.2) is 56.3 Å². The minimum atomic E-state index is -3.56. The van der Waals surface area contributed by atoms with Crippen LogP contribution < -0.4 is 5.32 Å². The Balaban J connectivity index is 1.60. The predicted molar refractivity (Wildman–Crippen MR) is 116 cm³/mol. The number of hydrogen-bond donors (Lipinski definition) is 1. The largest absolute Gasteiger partial charge is 0.322 e. The first-order chi connectivity index (χ1) is 13.7. The number of carbonyl (C=O) groups is 1. The van der Waals surface area contributed by atoms with Crippen molar-refractivity contribution in [3.8, 4) is 0 Å². The van der Waals surface area contributed by atoms with E-state index < -0.39 is 10.0 Å². The molecule has 156 valence electrons. The summed E-state index contributed by atoms with van der Waals surface area (Å²) in [4.78, 5) is 14.6. The fourth-order valence-corrected chi connectivity index (χ4v) is 5.48. The zero-order chi connectivity index (χ0) is 21.2. The molecule has 0 aromatic heterocycles. The smallest absolute Gasteiger partial charge is 0.243 e. The van der Waals surface area contributed by atoms with Gasteiger partial charge in [0.1, 0.15) is 0 Å². The average molecular weight is 456 g/mol. The lowest BCUT2D eigenvalue weighted by molar-refractivity contribution is -0.117. The second-order valence-electron chi connectivity index (χ2n) is 7.09. The summed E-state index contributed by atoms with van der Waals surface area (Å²) in [6.45, 7) is 5.40. The Morgan fingerprint density at radius 3 is 2.28 bits per heavy atom. The van der Waals surface area contributed by atoms with Gasteiger partial charge in [-0.15, -0.1) is 0 Å². The van der Waals surface area contributed by atoms with Crippen molar-refractivity contribution < 1.29 is 13.2 Å². The Bertz CT molecular complexity index is 999. The molecular formula is C20H23Cl2N3O3S. The maximum absolute atomic E-state index is 13.0. The van der Waals surface area contributed by atoms with E-state index in [9.17, 15) is 13.2 Å². The highest BCUT2D eigenvalue weighted by Gasteiger charge is 2.30. The van der Waals surface area contributed by atoms with E-state index in [0.29, 0.717) is 46.8 Å². The van der Waals surface area contributed by atoms with E-state index in [0.717, 1.165) is 11.1 Å². The molecule has 1 fully saturated rings. The number of anilines is 1. The molecule has 1 amide bonds. The van der Waals surface area contributed by atoms with Crippen LogP contribution in [0, 0.1) is 13.8 Å². The number of benzene rings is 2. The zero-order valence-electron chi connectivity index (χ0n) is 16.3. The van der Waals surface area contributed by atoms with Gasteiger partial charge in [0.15, 0.2) is 0 Å². The molecule has 2 aromatic rings. The van der Waals surface area contributed by atoms with Crippen LogP contribution in [0.25, 0.3) is 0 Å². The number of halogens is 2. The highest BCUT2D eigenvalue weighted by Crippen LogP contribution is 2.29. The molecule has 0 spiro atoms. The second-order valence-corrected chi connectivity index (χ2v) is 9.81. The Hall–Kier alpha value is -1.64. The van der Waals surface area contributed by atoms with Crippen LogP contribution in [0.2, 0.25) is 10.0 Å². The standard InChI is InChI=1S/C20H23Cl2N3O3S/c1-14-6-7-15(2)18(12-14)29(27,28)25-10-8-24(9-11-25)13-19(26)23-20-16(21)4-3-5-17(20)22/h3-7,12H,8-11,13H2,1-2H3,(H,23,26). The molecule has 6 nitrogen and oxygen atoms in total. The number of amides is 1. The molecule has 0 saturated carbocycles. The van der Waals surface area contributed by atoms with Crippen LogP contribution in [0.5, 0.6) is 0 Å². The van der Waals surface area contributed by atoms with Crippen LogP contribution >= 0.6 is 23.2 Å². The summed E-state index contributed by atoms with van der Waals surface area (Å²) >= 11 is 12.2. The van der Waals surface area contributed by atoms with Crippen LogP contribution in [0.4, 0.5) is 5.69 Å². The van der Waals surface area contributed by atoms with Crippen molar-refractivity contribution in [1.82, 2.24) is 9.21 Å². The zero-order valence-corrected chi connectivity index (χ0v) is 18.6. The summed E-state index contributed by atoms with van der Waals surface area (Å²) in [6, 6.07) is 10.4. The van der Waals surface area contributed by atoms with Gasteiger partial charge in [0.2, 0.25) is 15.9 Å². The SMILES string of the molecule is Cc1ccc(C)c(S(=O)(=O)N2CCN(CC(=O)Nc3c(Cl)cccc3Cl)CC2)c1. The summed E-state index contributed by atoms with van der Waals surface area (Å²) in [6.07, 6.45) is 0. The Morgan fingerprint density at radius 2 is 1.66 bits per heavy atom. The molecule has 1 N–H and O–H groups in total. The van der Waals surface area contributed by atoms with Crippen molar-refractivity contribution in [1.29, 1.82) is 0 Å². The van der Waals surface area contributed by atoms with Gasteiger partial charge < -0.3 is 5.32 Å². The van der Waals surface area contributed by atoms with Crippen molar-refractivity contribution in [3.63, 3.8) is 0 Å². The monoisotopic (exact) mass is 455 g/mol. The average Bonchev–Trinajstić information content (AvgIpc) is 2.67. The molecule has 29 heavy (non-hydrogen) atoms. The van der Waals surface area contributed by atoms with Crippen LogP contribution in [0.3, 0.4) is 0 Å². The van der Waals surface area contributed by atoms with Gasteiger partial charge >= 0.3 is 0 Å². The highest BCUT2D eigenvalue weighted by molar-refractivity contribution is 7.89. The van der Waals surface area contributed by atoms with Gasteiger partial charge in [0.25, 0.3) is 0 Å². The summed E-state index contributed by atoms with van der Waals surface area (Å²) in [5.41, 5.74) is 2.02. The van der Waals surface area contributed by atoms with Crippen LogP contribution in [0.15, 0.2) is 41.3 Å². The molecule has 1 aliphatic heterocycles. The number of sulfonamides is 1. The van der Waals surface area contributed by atoms with E-state index in [1.54, 1.807) is 31.2 Å². The number of nitrogens with zero attached hydrogens (tertiary/aromatic N) is 2. The normalized spacial score (nSPS) is 16.0. The van der Waals surface area contributed by atoms with Crippen molar-refractivity contribution >= 4 is 44.8 Å². The first kappa shape index (κ1) is 22.1. The molecule has 0 aliphatic carbocycles. The lowest BCUT2D eigenvalue weighted by Gasteiger charge is -2.33. The van der Waals surface area contributed by atoms with Gasteiger partial charge in [-0.3, -0.25) is 9.69 Å². The van der Waals surface area contributed by atoms with Gasteiger partial charge in [0.05, 0.1) is 27.2 Å². The Labute approximate surface area is 181 Å². The number of para-hydroxylation sites is 1. The second kappa shape index (κ2) is 9.02. The number of piperazine rings is 1. The maximum atomic E-state index is 13.0. The lowest BCUT2D eigenvalue weighted by Crippen LogP contribution is -2.50. The topological polar surface area (TPSA) is 69.7 Å². The summed E-state index contributed by atoms with van der Waals surface area (Å²) in [5, 5.41) is 3.47. The van der Waals surface area contributed by atoms with E-state index >= 15 is 0 Å². The summed E-state index contributed by atoms with van der Waals surface area (Å²) < 4.78 is 27.5. The third-order valence-electron chi connectivity index (χ3n) is 4.89. The molecule has 0 unspecified atom stereocenters. The van der Waals surface area contributed by atoms with E-state index in [-0.39, 0.29) is 12.5 Å². The van der Waals surface area contributed by atoms with Gasteiger partial charge in [-0.2, -0.15) is 4.31 Å². The minimum absolute atomic E-state index is 0.138. The molecular weight excluding hydrogens is 433 g/mol. The summed E-state index contributed by atoms with van der Waals surface area (Å²) in [5.74, 6) is -0.245. The van der Waals surface area contributed by atoms with Crippen molar-refractivity contribution in [3.05, 3.63) is 57.6 Å². The Morgan fingerprint density at radius 1 is 1.03 bits per heavy atom. The first-order valence-electron chi connectivity index (χ1n) is 9.22. The number of nitrogens with one attached hydrogen (secondary N) is 1. The molecule has 0 radical (unpaired) electrons. The molecule has 3 rings (SSSR count). The molecule has 0 atom stereocenters. The molecule has 2 aromatic carbocycles. The summed E-state index contributed by atoms with van der Waals surface area (Å²) in [7, 11) is -3.56. The van der Waals surface area contributed by atoms with E-state index in [1.165, 1.54) is 4.31 Å². The molecule has 1 saturated heterocycles. The first-order valence-corrected chi connectivity index (χ1v) is 11.4. The third-order valence-corrected chi connectivity index (χ3v) is 7.56. The number of rotatable bonds is 5. The van der Waals surface area contributed by atoms with Crippen molar-refractivity contribution in [2.24, 2.45) is 0 Å². The fraction of sp³-hybridized carbons (Fsp3) is 0.350. The predicted octanol–water partition coefficient (Wildman–Crippen LogP) is 3.56. The van der Waals surface area contributed by atoms with E-state index in [4.69, 9.17) is 23.2 Å². The minimum Gasteiger partial charge on any atom is -0.322 e. The fourth-order valence-electron chi connectivity index (χ4n) is 3.25. The third kappa shape index (κ3) is 5.10. The van der Waals surface area contributed by atoms with Crippen molar-refractivity contribution in [2.75, 3.05) is 38.0 Å². The molecule has 0 bridgehead atoms. The van der Waals surface area contributed by atoms with E-state index in [1.807, 2.05) is 24.0 Å². The molecule has 1 aliphatic rings. The van der Waals surface area contributed by atoms with Gasteiger partial charge in [0, 0.05) is 26.2 Å². The van der Waals surface area contributed by atoms with Gasteiger partial charge in [-0.1, -0.05) is 41.4 Å². The van der Waals surface area contributed by atoms with Crippen LogP contribution in [0.1, 0.15) is 11.1 Å². The maximum Gasteiger partial charge on any atom is 0.243 e. The molecule has 9 heteroatoms. The van der Waals surface area contributed by atoms with E-state index in [2.05, 4.69) is 5.32 Å². The molecule has 1 heterocycles. The number of hydrogen-bond acceptors (Lipinski definition) is 4. The number of carbonyl (C=O) groups excluding carboxylic acids is 1. The quantitative estimate of drug-likeness (QED) is 0.747. The highest BCUT2D eigenvalue weighted by atomic mass is 35.5. The van der Waals surface area contributed by atoms with Gasteiger partial charge in [-0.05, 0) is 43.2 Å². The van der Waals surface area contributed by atoms with Gasteiger partial charge in [-0.25, -0.2) is 8.42 Å². The number of aryl methyl sites for hydroxylation is 2. The van der Waals surface area contributed by atoms with Crippen molar-refractivity contribution in [2.45, 2.75) is 18.7 Å². The van der Waals surface area contributed by atoms with Crippen LogP contribution in [-0.2, 0) is 14.8 Å². The lowest BCUT2D eigenvalue weighted by atomic mass is 10.2. The Kier molecular flexibility index (Phi) is 6.86.